The zero-order chi connectivity index (χ0) is 17.4. The molecule has 1 N–H and O–H groups in total. The van der Waals surface area contributed by atoms with Crippen molar-refractivity contribution in [3.8, 4) is 0 Å². The lowest BCUT2D eigenvalue weighted by atomic mass is 9.85. The molecule has 6 heteroatoms. The van der Waals surface area contributed by atoms with E-state index in [1.807, 2.05) is 10.9 Å². The van der Waals surface area contributed by atoms with Crippen molar-refractivity contribution in [3.63, 3.8) is 0 Å². The molecule has 6 nitrogen and oxygen atoms in total. The number of anilines is 1. The molecule has 1 saturated carbocycles. The van der Waals surface area contributed by atoms with E-state index in [-0.39, 0.29) is 5.54 Å². The van der Waals surface area contributed by atoms with Crippen molar-refractivity contribution < 1.29 is 0 Å². The van der Waals surface area contributed by atoms with Gasteiger partial charge in [0.2, 0.25) is 0 Å². The van der Waals surface area contributed by atoms with E-state index < -0.39 is 0 Å². The molecule has 2 aromatic rings. The van der Waals surface area contributed by atoms with Gasteiger partial charge >= 0.3 is 0 Å². The highest BCUT2D eigenvalue weighted by molar-refractivity contribution is 5.86. The summed E-state index contributed by atoms with van der Waals surface area (Å²) in [5.74, 6) is 0.903. The Kier molecular flexibility index (Phi) is 4.51. The molecule has 1 aliphatic rings. The second-order valence-corrected chi connectivity index (χ2v) is 8.49. The number of aromatic nitrogens is 4. The van der Waals surface area contributed by atoms with Crippen molar-refractivity contribution in [3.05, 3.63) is 12.5 Å². The normalized spacial score (nSPS) is 17.8. The summed E-state index contributed by atoms with van der Waals surface area (Å²) in [4.78, 5) is 11.2. The minimum absolute atomic E-state index is 0.0923. The zero-order valence-electron chi connectivity index (χ0n) is 15.6. The van der Waals surface area contributed by atoms with Crippen LogP contribution >= 0.6 is 0 Å². The molecule has 0 spiro atoms. The number of nitrogens with zero attached hydrogens (tertiary/aromatic N) is 5. The van der Waals surface area contributed by atoms with Crippen molar-refractivity contribution in [1.29, 1.82) is 0 Å². The first-order valence-electron chi connectivity index (χ1n) is 8.89. The molecule has 0 radical (unpaired) electrons. The van der Waals surface area contributed by atoms with Crippen LogP contribution in [0.1, 0.15) is 46.5 Å². The second-order valence-electron chi connectivity index (χ2n) is 8.49. The molecule has 0 saturated heterocycles. The van der Waals surface area contributed by atoms with Gasteiger partial charge in [-0.3, -0.25) is 0 Å². The third-order valence-corrected chi connectivity index (χ3v) is 4.95. The van der Waals surface area contributed by atoms with Gasteiger partial charge in [-0.25, -0.2) is 14.6 Å². The fourth-order valence-electron chi connectivity index (χ4n) is 3.93. The van der Waals surface area contributed by atoms with E-state index in [9.17, 15) is 0 Å². The van der Waals surface area contributed by atoms with Gasteiger partial charge in [-0.1, -0.05) is 12.8 Å². The molecule has 0 bridgehead atoms. The molecule has 0 aromatic carbocycles. The smallest absolute Gasteiger partial charge is 0.163 e. The standard InChI is InChI=1S/C18H30N6/c1-17(2,3)24-16-14(10-22-24)15(20-13-21-16)19-11-18(12-23(4)5)8-6-7-9-18/h10,13H,6-9,11-12H2,1-5H3,(H,19,20,21). The van der Waals surface area contributed by atoms with Crippen LogP contribution in [0.4, 0.5) is 5.82 Å². The molecule has 2 aromatic heterocycles. The van der Waals surface area contributed by atoms with Crippen LogP contribution in [0.25, 0.3) is 11.0 Å². The summed E-state index contributed by atoms with van der Waals surface area (Å²) >= 11 is 0. The van der Waals surface area contributed by atoms with Crippen LogP contribution in [-0.2, 0) is 5.54 Å². The lowest BCUT2D eigenvalue weighted by Gasteiger charge is -2.32. The highest BCUT2D eigenvalue weighted by Gasteiger charge is 2.34. The Morgan fingerprint density at radius 3 is 2.54 bits per heavy atom. The Bertz CT molecular complexity index is 691. The summed E-state index contributed by atoms with van der Waals surface area (Å²) in [6.07, 6.45) is 8.76. The molecule has 0 aliphatic heterocycles. The predicted octanol–water partition coefficient (Wildman–Crippen LogP) is 3.12. The Balaban J connectivity index is 1.84. The molecule has 2 heterocycles. The average molecular weight is 330 g/mol. The first-order valence-corrected chi connectivity index (χ1v) is 8.89. The quantitative estimate of drug-likeness (QED) is 0.913. The van der Waals surface area contributed by atoms with Gasteiger partial charge in [0.15, 0.2) is 5.65 Å². The lowest BCUT2D eigenvalue weighted by molar-refractivity contribution is 0.215. The zero-order valence-corrected chi connectivity index (χ0v) is 15.6. The van der Waals surface area contributed by atoms with Crippen molar-refractivity contribution in [1.82, 2.24) is 24.6 Å². The Morgan fingerprint density at radius 2 is 1.92 bits per heavy atom. The third-order valence-electron chi connectivity index (χ3n) is 4.95. The highest BCUT2D eigenvalue weighted by atomic mass is 15.3. The lowest BCUT2D eigenvalue weighted by Crippen LogP contribution is -2.37. The number of fused-ring (bicyclic) bond motifs is 1. The maximum atomic E-state index is 4.54. The van der Waals surface area contributed by atoms with Crippen LogP contribution in [0.15, 0.2) is 12.5 Å². The summed E-state index contributed by atoms with van der Waals surface area (Å²) in [6, 6.07) is 0. The topological polar surface area (TPSA) is 58.9 Å². The van der Waals surface area contributed by atoms with E-state index in [0.717, 1.165) is 29.9 Å². The van der Waals surface area contributed by atoms with E-state index in [1.54, 1.807) is 6.33 Å². The van der Waals surface area contributed by atoms with Crippen LogP contribution in [0, 0.1) is 5.41 Å². The summed E-state index contributed by atoms with van der Waals surface area (Å²) < 4.78 is 1.97. The molecule has 132 valence electrons. The number of rotatable bonds is 5. The largest absolute Gasteiger partial charge is 0.369 e. The van der Waals surface area contributed by atoms with Gasteiger partial charge < -0.3 is 10.2 Å². The summed E-state index contributed by atoms with van der Waals surface area (Å²) in [5, 5.41) is 9.15. The summed E-state index contributed by atoms with van der Waals surface area (Å²) in [5.41, 5.74) is 1.15. The van der Waals surface area contributed by atoms with Crippen LogP contribution < -0.4 is 5.32 Å². The van der Waals surface area contributed by atoms with Crippen LogP contribution in [0.5, 0.6) is 0 Å². The molecular weight excluding hydrogens is 300 g/mol. The minimum Gasteiger partial charge on any atom is -0.369 e. The molecule has 0 amide bonds. The maximum absolute atomic E-state index is 4.54. The van der Waals surface area contributed by atoms with Crippen LogP contribution in [-0.4, -0.2) is 51.8 Å². The number of hydrogen-bond donors (Lipinski definition) is 1. The fraction of sp³-hybridized carbons (Fsp3) is 0.722. The van der Waals surface area contributed by atoms with Crippen molar-refractivity contribution in [2.24, 2.45) is 5.41 Å². The van der Waals surface area contributed by atoms with E-state index in [1.165, 1.54) is 25.7 Å². The third kappa shape index (κ3) is 3.38. The van der Waals surface area contributed by atoms with Crippen LogP contribution in [0.2, 0.25) is 0 Å². The van der Waals surface area contributed by atoms with E-state index in [2.05, 4.69) is 60.1 Å². The second kappa shape index (κ2) is 6.31. The predicted molar refractivity (Wildman–Crippen MR) is 98.3 cm³/mol. The Labute approximate surface area is 144 Å². The monoisotopic (exact) mass is 330 g/mol. The van der Waals surface area contributed by atoms with Gasteiger partial charge in [-0.15, -0.1) is 0 Å². The summed E-state index contributed by atoms with van der Waals surface area (Å²) in [6.45, 7) is 8.49. The highest BCUT2D eigenvalue weighted by Crippen LogP contribution is 2.39. The van der Waals surface area contributed by atoms with Crippen molar-refractivity contribution >= 4 is 16.9 Å². The molecular formula is C18H30N6. The molecule has 3 rings (SSSR count). The SMILES string of the molecule is CN(C)CC1(CNc2ncnc3c2cnn3C(C)(C)C)CCCC1. The van der Waals surface area contributed by atoms with Crippen molar-refractivity contribution in [2.75, 3.05) is 32.5 Å². The summed E-state index contributed by atoms with van der Waals surface area (Å²) in [7, 11) is 4.33. The molecule has 24 heavy (non-hydrogen) atoms. The molecule has 1 aliphatic carbocycles. The van der Waals surface area contributed by atoms with Crippen molar-refractivity contribution in [2.45, 2.75) is 52.0 Å². The molecule has 0 unspecified atom stereocenters. The first kappa shape index (κ1) is 17.1. The number of hydrogen-bond acceptors (Lipinski definition) is 5. The molecule has 1 fully saturated rings. The van der Waals surface area contributed by atoms with E-state index in [0.29, 0.717) is 5.41 Å². The average Bonchev–Trinajstić information content (AvgIpc) is 3.11. The van der Waals surface area contributed by atoms with Gasteiger partial charge in [-0.2, -0.15) is 5.10 Å². The maximum Gasteiger partial charge on any atom is 0.163 e. The van der Waals surface area contributed by atoms with Gasteiger partial charge in [0, 0.05) is 18.5 Å². The van der Waals surface area contributed by atoms with E-state index >= 15 is 0 Å². The fourth-order valence-corrected chi connectivity index (χ4v) is 3.93. The Morgan fingerprint density at radius 1 is 1.21 bits per heavy atom. The van der Waals surface area contributed by atoms with Gasteiger partial charge in [-0.05, 0) is 47.7 Å². The first-order chi connectivity index (χ1) is 11.3. The number of nitrogens with one attached hydrogen (secondary N) is 1. The van der Waals surface area contributed by atoms with Crippen LogP contribution in [0.3, 0.4) is 0 Å². The van der Waals surface area contributed by atoms with Gasteiger partial charge in [0.05, 0.1) is 17.1 Å². The molecule has 0 atom stereocenters. The van der Waals surface area contributed by atoms with E-state index in [4.69, 9.17) is 0 Å². The van der Waals surface area contributed by atoms with Gasteiger partial charge in [0.25, 0.3) is 0 Å². The minimum atomic E-state index is -0.0923. The Hall–Kier alpha value is -1.69. The van der Waals surface area contributed by atoms with Gasteiger partial charge in [0.1, 0.15) is 12.1 Å².